The van der Waals surface area contributed by atoms with Crippen molar-refractivity contribution in [3.63, 3.8) is 0 Å². The highest BCUT2D eigenvalue weighted by molar-refractivity contribution is 5.91. The van der Waals surface area contributed by atoms with E-state index >= 15 is 0 Å². The van der Waals surface area contributed by atoms with Crippen LogP contribution in [-0.2, 0) is 11.3 Å². The van der Waals surface area contributed by atoms with Crippen molar-refractivity contribution in [3.05, 3.63) is 82.5 Å². The van der Waals surface area contributed by atoms with E-state index in [1.54, 1.807) is 23.0 Å². The van der Waals surface area contributed by atoms with Crippen LogP contribution in [-0.4, -0.2) is 44.2 Å². The van der Waals surface area contributed by atoms with Crippen molar-refractivity contribution >= 4 is 5.91 Å². The summed E-state index contributed by atoms with van der Waals surface area (Å²) >= 11 is 0. The molecule has 0 saturated heterocycles. The maximum absolute atomic E-state index is 14.7. The summed E-state index contributed by atoms with van der Waals surface area (Å²) in [4.78, 5) is 16.8. The number of aliphatic hydroxyl groups is 1. The minimum absolute atomic E-state index is 0.00871. The number of aromatic nitrogens is 3. The zero-order valence-corrected chi connectivity index (χ0v) is 17.1. The summed E-state index contributed by atoms with van der Waals surface area (Å²) in [5.41, 5.74) is 6.08. The number of allylic oxidation sites excluding steroid dienone is 1. The number of carbonyl (C=O) groups excluding carboxylic acids is 1. The monoisotopic (exact) mass is 440 g/mol. The minimum atomic E-state index is -0.432. The quantitative estimate of drug-likeness (QED) is 0.616. The third kappa shape index (κ3) is 3.51. The normalized spacial score (nSPS) is 22.7. The fourth-order valence-electron chi connectivity index (χ4n) is 4.75. The molecule has 1 aliphatic carbocycles. The van der Waals surface area contributed by atoms with Crippen LogP contribution >= 0.6 is 0 Å². The minimum Gasteiger partial charge on any atom is -0.396 e. The van der Waals surface area contributed by atoms with Crippen LogP contribution in [0.25, 0.3) is 0 Å². The molecular weight excluding hydrogens is 418 g/mol. The van der Waals surface area contributed by atoms with E-state index < -0.39 is 5.91 Å². The number of rotatable bonds is 5. The summed E-state index contributed by atoms with van der Waals surface area (Å²) in [7, 11) is 0. The van der Waals surface area contributed by atoms with Crippen molar-refractivity contribution in [2.45, 2.75) is 31.2 Å². The molecule has 2 atom stereocenters. The Morgan fingerprint density at radius 1 is 1.25 bits per heavy atom. The summed E-state index contributed by atoms with van der Waals surface area (Å²) in [5, 5.41) is 16.7. The summed E-state index contributed by atoms with van der Waals surface area (Å²) in [6, 6.07) is 6.34. The summed E-state index contributed by atoms with van der Waals surface area (Å²) < 4.78 is 30.1. The molecule has 3 N–H and O–H groups in total. The molecule has 0 radical (unpaired) electrons. The molecule has 2 aliphatic heterocycles. The molecule has 2 unspecified atom stereocenters. The molecule has 2 aromatic rings. The molecule has 3 heterocycles. The number of aryl methyl sites for hydroxylation is 1. The molecule has 5 rings (SSSR count). The predicted molar refractivity (Wildman–Crippen MR) is 111 cm³/mol. The van der Waals surface area contributed by atoms with Gasteiger partial charge in [0.2, 0.25) is 5.91 Å². The Hall–Kier alpha value is -3.37. The number of hydrogen-bond donors (Lipinski definition) is 3. The number of hydrogen-bond acceptors (Lipinski definition) is 6. The van der Waals surface area contributed by atoms with Gasteiger partial charge in [-0.05, 0) is 41.7 Å². The molecule has 3 aliphatic rings. The van der Waals surface area contributed by atoms with Gasteiger partial charge in [0, 0.05) is 43.5 Å². The van der Waals surface area contributed by atoms with Crippen LogP contribution < -0.4 is 10.7 Å². The molecule has 8 nitrogen and oxygen atoms in total. The lowest BCUT2D eigenvalue weighted by Gasteiger charge is -2.40. The number of nitrogens with zero attached hydrogens (tertiary/aromatic N) is 4. The maximum atomic E-state index is 14.7. The second-order valence-corrected chi connectivity index (χ2v) is 7.99. The average molecular weight is 440 g/mol. The Morgan fingerprint density at radius 2 is 2.06 bits per heavy atom. The summed E-state index contributed by atoms with van der Waals surface area (Å²) in [6.45, 7) is 0.759. The molecule has 1 aromatic carbocycles. The van der Waals surface area contributed by atoms with Crippen molar-refractivity contribution < 1.29 is 18.8 Å². The molecule has 32 heavy (non-hydrogen) atoms. The lowest BCUT2D eigenvalue weighted by Crippen LogP contribution is -2.41. The second-order valence-electron chi connectivity index (χ2n) is 7.99. The van der Waals surface area contributed by atoms with E-state index in [-0.39, 0.29) is 36.5 Å². The van der Waals surface area contributed by atoms with Gasteiger partial charge in [-0.2, -0.15) is 5.10 Å². The molecular formula is C22H22F2N6O2. The van der Waals surface area contributed by atoms with Crippen LogP contribution in [0.2, 0.25) is 0 Å². The van der Waals surface area contributed by atoms with Crippen LogP contribution in [0, 0.1) is 5.82 Å². The van der Waals surface area contributed by atoms with Crippen molar-refractivity contribution in [2.75, 3.05) is 13.2 Å². The standard InChI is InChI=1S/C22H22F2N6O2/c23-15-4-2-13(3-5-15)16-8-14-10-27-30(24)18-9-19(32)25-11-17(20(14)18)21(16)22-26-12-28-29(22)6-1-7-31/h2-5,9,11-12,16,21,27,31H,1,6-8,10H2,(H,25,32). The van der Waals surface area contributed by atoms with Crippen molar-refractivity contribution in [3.8, 4) is 0 Å². The second kappa shape index (κ2) is 8.29. The molecule has 10 heteroatoms. The Kier molecular flexibility index (Phi) is 5.32. The number of aliphatic hydroxyl groups excluding tert-OH is 1. The molecule has 1 amide bonds. The first-order chi connectivity index (χ1) is 15.6. The van der Waals surface area contributed by atoms with Gasteiger partial charge < -0.3 is 10.4 Å². The number of benzene rings is 1. The predicted octanol–water partition coefficient (Wildman–Crippen LogP) is 1.97. The number of hydrazine groups is 1. The van der Waals surface area contributed by atoms with Crippen LogP contribution in [0.4, 0.5) is 8.87 Å². The Balaban J connectivity index is 1.69. The highest BCUT2D eigenvalue weighted by atomic mass is 19.2. The van der Waals surface area contributed by atoms with Gasteiger partial charge >= 0.3 is 0 Å². The fraction of sp³-hybridized carbons (Fsp3) is 0.318. The Labute approximate surface area is 182 Å². The van der Waals surface area contributed by atoms with Gasteiger partial charge in [-0.1, -0.05) is 16.6 Å². The Morgan fingerprint density at radius 3 is 2.84 bits per heavy atom. The van der Waals surface area contributed by atoms with Gasteiger partial charge in [0.25, 0.3) is 0 Å². The van der Waals surface area contributed by atoms with Gasteiger partial charge in [0.1, 0.15) is 23.7 Å². The lowest BCUT2D eigenvalue weighted by atomic mass is 9.68. The first-order valence-electron chi connectivity index (χ1n) is 10.4. The average Bonchev–Trinajstić information content (AvgIpc) is 3.18. The molecule has 0 saturated carbocycles. The smallest absolute Gasteiger partial charge is 0.250 e. The van der Waals surface area contributed by atoms with E-state index in [1.165, 1.54) is 24.5 Å². The zero-order chi connectivity index (χ0) is 22.2. The summed E-state index contributed by atoms with van der Waals surface area (Å²) in [6.07, 6.45) is 5.38. The molecule has 0 bridgehead atoms. The van der Waals surface area contributed by atoms with Crippen molar-refractivity contribution in [1.29, 1.82) is 0 Å². The SMILES string of the molecule is O=C1C=C2C3=C(CNN2F)CC(c2ccc(F)cc2)C(c2ncnn2CCCO)C3=CN1. The van der Waals surface area contributed by atoms with Crippen LogP contribution in [0.5, 0.6) is 0 Å². The number of nitrogens with one attached hydrogen (secondary N) is 2. The van der Waals surface area contributed by atoms with Gasteiger partial charge in [-0.3, -0.25) is 4.79 Å². The van der Waals surface area contributed by atoms with E-state index in [0.29, 0.717) is 36.0 Å². The zero-order valence-electron chi connectivity index (χ0n) is 17.1. The maximum Gasteiger partial charge on any atom is 0.250 e. The molecule has 1 aromatic heterocycles. The van der Waals surface area contributed by atoms with Crippen molar-refractivity contribution in [1.82, 2.24) is 30.7 Å². The molecule has 166 valence electrons. The van der Waals surface area contributed by atoms with Gasteiger partial charge in [0.05, 0.1) is 5.92 Å². The van der Waals surface area contributed by atoms with E-state index in [9.17, 15) is 18.8 Å². The van der Waals surface area contributed by atoms with Crippen molar-refractivity contribution in [2.24, 2.45) is 0 Å². The third-order valence-electron chi connectivity index (χ3n) is 6.13. The van der Waals surface area contributed by atoms with E-state index in [4.69, 9.17) is 0 Å². The van der Waals surface area contributed by atoms with E-state index in [0.717, 1.165) is 16.7 Å². The number of amides is 1. The van der Waals surface area contributed by atoms with Gasteiger partial charge in [-0.15, -0.1) is 5.23 Å². The number of carbonyl (C=O) groups is 1. The topological polar surface area (TPSA) is 95.3 Å². The number of halogens is 2. The van der Waals surface area contributed by atoms with Gasteiger partial charge in [-0.25, -0.2) is 19.5 Å². The first-order valence-corrected chi connectivity index (χ1v) is 10.4. The van der Waals surface area contributed by atoms with Crippen LogP contribution in [0.15, 0.2) is 65.3 Å². The highest BCUT2D eigenvalue weighted by Gasteiger charge is 2.43. The molecule has 0 spiro atoms. The lowest BCUT2D eigenvalue weighted by molar-refractivity contribution is -0.115. The van der Waals surface area contributed by atoms with E-state index in [2.05, 4.69) is 20.8 Å². The molecule has 0 fully saturated rings. The first kappa shape index (κ1) is 20.5. The fourth-order valence-corrected chi connectivity index (χ4v) is 4.75. The van der Waals surface area contributed by atoms with Crippen LogP contribution in [0.3, 0.4) is 0 Å². The summed E-state index contributed by atoms with van der Waals surface area (Å²) in [5.74, 6) is -0.620. The highest BCUT2D eigenvalue weighted by Crippen LogP contribution is 2.52. The largest absolute Gasteiger partial charge is 0.396 e. The van der Waals surface area contributed by atoms with Crippen LogP contribution in [0.1, 0.15) is 36.1 Å². The Bertz CT molecular complexity index is 1140. The third-order valence-corrected chi connectivity index (χ3v) is 6.13. The van der Waals surface area contributed by atoms with E-state index in [1.807, 2.05) is 0 Å². The van der Waals surface area contributed by atoms with Gasteiger partial charge in [0.15, 0.2) is 0 Å².